The van der Waals surface area contributed by atoms with Crippen LogP contribution in [0.25, 0.3) is 6.08 Å². The number of aliphatic hydroxyl groups is 1. The number of hydrogen-bond donors (Lipinski definition) is 3. The standard InChI is InChI=1S/C14H21N3O3/c1-11-16-9-12(10-17-11)6-7-13(18)5-3-2-4-8-15-14(19)20/h6-7,9-10,13,15,18H,2-5,8H2,1H3,(H,19,20)/b7-6+. The van der Waals surface area contributed by atoms with Crippen molar-refractivity contribution in [3.63, 3.8) is 0 Å². The summed E-state index contributed by atoms with van der Waals surface area (Å²) < 4.78 is 0. The Balaban J connectivity index is 2.15. The van der Waals surface area contributed by atoms with Gasteiger partial charge >= 0.3 is 6.09 Å². The third kappa shape index (κ3) is 7.48. The lowest BCUT2D eigenvalue weighted by atomic mass is 10.1. The fraction of sp³-hybridized carbons (Fsp3) is 0.500. The molecule has 110 valence electrons. The molecular weight excluding hydrogens is 258 g/mol. The molecule has 0 bridgehead atoms. The molecule has 1 heterocycles. The second kappa shape index (κ2) is 9.03. The van der Waals surface area contributed by atoms with Gasteiger partial charge in [-0.3, -0.25) is 0 Å². The van der Waals surface area contributed by atoms with Crippen molar-refractivity contribution in [3.05, 3.63) is 29.9 Å². The van der Waals surface area contributed by atoms with E-state index < -0.39 is 12.2 Å². The van der Waals surface area contributed by atoms with Crippen LogP contribution < -0.4 is 5.32 Å². The first kappa shape index (κ1) is 16.1. The van der Waals surface area contributed by atoms with E-state index in [0.29, 0.717) is 13.0 Å². The monoisotopic (exact) mass is 279 g/mol. The quantitative estimate of drug-likeness (QED) is 0.632. The van der Waals surface area contributed by atoms with E-state index in [1.807, 2.05) is 6.92 Å². The number of aromatic nitrogens is 2. The Morgan fingerprint density at radius 3 is 2.70 bits per heavy atom. The lowest BCUT2D eigenvalue weighted by Crippen LogP contribution is -2.21. The summed E-state index contributed by atoms with van der Waals surface area (Å²) in [6.07, 6.45) is 8.66. The van der Waals surface area contributed by atoms with Gasteiger partial charge in [0.05, 0.1) is 6.10 Å². The van der Waals surface area contributed by atoms with Crippen LogP contribution in [0, 0.1) is 6.92 Å². The van der Waals surface area contributed by atoms with E-state index >= 15 is 0 Å². The third-order valence-electron chi connectivity index (χ3n) is 2.76. The molecule has 0 aliphatic heterocycles. The number of amides is 1. The zero-order chi connectivity index (χ0) is 14.8. The zero-order valence-electron chi connectivity index (χ0n) is 11.6. The molecule has 1 aromatic rings. The third-order valence-corrected chi connectivity index (χ3v) is 2.76. The van der Waals surface area contributed by atoms with Crippen molar-refractivity contribution < 1.29 is 15.0 Å². The zero-order valence-corrected chi connectivity index (χ0v) is 11.6. The number of rotatable bonds is 8. The number of aliphatic hydroxyl groups excluding tert-OH is 1. The van der Waals surface area contributed by atoms with Crippen LogP contribution in [0.5, 0.6) is 0 Å². The molecule has 1 rings (SSSR count). The molecule has 0 saturated carbocycles. The summed E-state index contributed by atoms with van der Waals surface area (Å²) in [5, 5.41) is 20.5. The highest BCUT2D eigenvalue weighted by atomic mass is 16.4. The lowest BCUT2D eigenvalue weighted by Gasteiger charge is -2.05. The van der Waals surface area contributed by atoms with Crippen molar-refractivity contribution in [1.82, 2.24) is 15.3 Å². The molecule has 6 nitrogen and oxygen atoms in total. The predicted octanol–water partition coefficient (Wildman–Crippen LogP) is 1.99. The average molecular weight is 279 g/mol. The maximum atomic E-state index is 10.2. The van der Waals surface area contributed by atoms with E-state index in [1.54, 1.807) is 24.5 Å². The highest BCUT2D eigenvalue weighted by molar-refractivity contribution is 5.64. The minimum absolute atomic E-state index is 0.460. The van der Waals surface area contributed by atoms with Gasteiger partial charge in [-0.25, -0.2) is 14.8 Å². The Bertz CT molecular complexity index is 432. The van der Waals surface area contributed by atoms with E-state index in [9.17, 15) is 9.90 Å². The van der Waals surface area contributed by atoms with Gasteiger partial charge in [0.1, 0.15) is 5.82 Å². The molecule has 20 heavy (non-hydrogen) atoms. The molecule has 0 aliphatic rings. The maximum Gasteiger partial charge on any atom is 0.404 e. The Labute approximate surface area is 118 Å². The molecule has 1 aromatic heterocycles. The van der Waals surface area contributed by atoms with Crippen LogP contribution in [0.2, 0.25) is 0 Å². The number of nitrogens with one attached hydrogen (secondary N) is 1. The summed E-state index contributed by atoms with van der Waals surface area (Å²) in [6.45, 7) is 2.28. The van der Waals surface area contributed by atoms with Crippen LogP contribution in [0.1, 0.15) is 37.1 Å². The molecular formula is C14H21N3O3. The molecule has 0 spiro atoms. The highest BCUT2D eigenvalue weighted by Crippen LogP contribution is 2.07. The fourth-order valence-electron chi connectivity index (χ4n) is 1.66. The Morgan fingerprint density at radius 2 is 2.05 bits per heavy atom. The van der Waals surface area contributed by atoms with Crippen molar-refractivity contribution in [2.75, 3.05) is 6.54 Å². The second-order valence-corrected chi connectivity index (χ2v) is 4.57. The van der Waals surface area contributed by atoms with Crippen LogP contribution in [0.15, 0.2) is 18.5 Å². The van der Waals surface area contributed by atoms with Crippen molar-refractivity contribution in [2.45, 2.75) is 38.7 Å². The Hall–Kier alpha value is -1.95. The molecule has 0 fully saturated rings. The van der Waals surface area contributed by atoms with Crippen LogP contribution in [-0.4, -0.2) is 38.9 Å². The first-order chi connectivity index (χ1) is 9.58. The number of unbranched alkanes of at least 4 members (excludes halogenated alkanes) is 2. The van der Waals surface area contributed by atoms with Crippen molar-refractivity contribution in [3.8, 4) is 0 Å². The van der Waals surface area contributed by atoms with Crippen LogP contribution in [0.4, 0.5) is 4.79 Å². The van der Waals surface area contributed by atoms with Crippen LogP contribution in [0.3, 0.4) is 0 Å². The Kier molecular flexibility index (Phi) is 7.27. The van der Waals surface area contributed by atoms with Gasteiger partial charge in [-0.05, 0) is 19.8 Å². The van der Waals surface area contributed by atoms with Gasteiger partial charge in [0.25, 0.3) is 0 Å². The first-order valence-electron chi connectivity index (χ1n) is 6.69. The van der Waals surface area contributed by atoms with Gasteiger partial charge in [0.15, 0.2) is 0 Å². The van der Waals surface area contributed by atoms with E-state index in [1.165, 1.54) is 0 Å². The molecule has 1 atom stereocenters. The van der Waals surface area contributed by atoms with Crippen molar-refractivity contribution >= 4 is 12.2 Å². The molecule has 0 aliphatic carbocycles. The highest BCUT2D eigenvalue weighted by Gasteiger charge is 2.00. The normalized spacial score (nSPS) is 12.5. The van der Waals surface area contributed by atoms with Crippen LogP contribution >= 0.6 is 0 Å². The van der Waals surface area contributed by atoms with Crippen molar-refractivity contribution in [2.24, 2.45) is 0 Å². The second-order valence-electron chi connectivity index (χ2n) is 4.57. The summed E-state index contributed by atoms with van der Waals surface area (Å²) in [5.74, 6) is 0.720. The molecule has 3 N–H and O–H groups in total. The summed E-state index contributed by atoms with van der Waals surface area (Å²) in [5.41, 5.74) is 0.861. The molecule has 1 unspecified atom stereocenters. The van der Waals surface area contributed by atoms with Crippen LogP contribution in [-0.2, 0) is 0 Å². The average Bonchev–Trinajstić information content (AvgIpc) is 2.41. The lowest BCUT2D eigenvalue weighted by molar-refractivity contribution is 0.193. The van der Waals surface area contributed by atoms with Gasteiger partial charge < -0.3 is 15.5 Å². The van der Waals surface area contributed by atoms with E-state index in [0.717, 1.165) is 30.7 Å². The number of nitrogens with zero attached hydrogens (tertiary/aromatic N) is 2. The number of carbonyl (C=O) groups is 1. The van der Waals surface area contributed by atoms with Gasteiger partial charge in [-0.15, -0.1) is 0 Å². The topological polar surface area (TPSA) is 95.3 Å². The van der Waals surface area contributed by atoms with Gasteiger partial charge in [-0.1, -0.05) is 25.0 Å². The number of hydrogen-bond acceptors (Lipinski definition) is 4. The largest absolute Gasteiger partial charge is 0.465 e. The minimum atomic E-state index is -0.992. The molecule has 6 heteroatoms. The SMILES string of the molecule is Cc1ncc(/C=C/C(O)CCCCCNC(=O)O)cn1. The molecule has 0 saturated heterocycles. The first-order valence-corrected chi connectivity index (χ1v) is 6.69. The fourth-order valence-corrected chi connectivity index (χ4v) is 1.66. The summed E-state index contributed by atoms with van der Waals surface area (Å²) in [6, 6.07) is 0. The number of carboxylic acid groups (broad SMARTS) is 1. The molecule has 0 radical (unpaired) electrons. The van der Waals surface area contributed by atoms with Gasteiger partial charge in [0, 0.05) is 24.5 Å². The van der Waals surface area contributed by atoms with Gasteiger partial charge in [-0.2, -0.15) is 0 Å². The summed E-state index contributed by atoms with van der Waals surface area (Å²) in [4.78, 5) is 18.3. The molecule has 1 amide bonds. The predicted molar refractivity (Wildman–Crippen MR) is 76.3 cm³/mol. The van der Waals surface area contributed by atoms with Crippen molar-refractivity contribution in [1.29, 1.82) is 0 Å². The smallest absolute Gasteiger partial charge is 0.404 e. The summed E-state index contributed by atoms with van der Waals surface area (Å²) in [7, 11) is 0. The van der Waals surface area contributed by atoms with E-state index in [2.05, 4.69) is 15.3 Å². The Morgan fingerprint density at radius 1 is 1.35 bits per heavy atom. The maximum absolute atomic E-state index is 10.2. The summed E-state index contributed by atoms with van der Waals surface area (Å²) >= 11 is 0. The van der Waals surface area contributed by atoms with E-state index in [-0.39, 0.29) is 0 Å². The number of aryl methyl sites for hydroxylation is 1. The molecule has 0 aromatic carbocycles. The van der Waals surface area contributed by atoms with Gasteiger partial charge in [0.2, 0.25) is 0 Å². The van der Waals surface area contributed by atoms with E-state index in [4.69, 9.17) is 5.11 Å². The minimum Gasteiger partial charge on any atom is -0.465 e.